The summed E-state index contributed by atoms with van der Waals surface area (Å²) >= 11 is 8.73. The number of aromatic nitrogens is 2. The third kappa shape index (κ3) is 2.14. The molecule has 0 atom stereocenters. The molecule has 0 unspecified atom stereocenters. The number of hydrogen-bond acceptors (Lipinski definition) is 2. The zero-order chi connectivity index (χ0) is 14.3. The van der Waals surface area contributed by atoms with E-state index in [1.165, 1.54) is 12.1 Å². The number of nitrogens with one attached hydrogen (secondary N) is 1. The SMILES string of the molecule is COc1ccc2[nH]c(=S)n(-c3ccc(F)cc3Br)c2c1. The Morgan fingerprint density at radius 2 is 2.05 bits per heavy atom. The van der Waals surface area contributed by atoms with E-state index in [1.807, 2.05) is 22.8 Å². The average molecular weight is 353 g/mol. The molecule has 1 aromatic heterocycles. The predicted octanol–water partition coefficient (Wildman–Crippen LogP) is 4.60. The first kappa shape index (κ1) is 13.3. The summed E-state index contributed by atoms with van der Waals surface area (Å²) in [5.41, 5.74) is 2.55. The Morgan fingerprint density at radius 3 is 2.75 bits per heavy atom. The summed E-state index contributed by atoms with van der Waals surface area (Å²) in [6.07, 6.45) is 0. The minimum absolute atomic E-state index is 0.301. The molecular weight excluding hydrogens is 343 g/mol. The third-order valence-corrected chi connectivity index (χ3v) is 3.96. The van der Waals surface area contributed by atoms with Gasteiger partial charge >= 0.3 is 0 Å². The summed E-state index contributed by atoms with van der Waals surface area (Å²) in [5.74, 6) is 0.433. The standard InChI is InChI=1S/C14H10BrFN2OS/c1-19-9-3-4-11-13(7-9)18(14(20)17-11)12-5-2-8(16)6-10(12)15/h2-7H,1H3,(H,17,20). The maximum absolute atomic E-state index is 13.2. The molecule has 0 fully saturated rings. The van der Waals surface area contributed by atoms with Crippen molar-refractivity contribution in [3.8, 4) is 11.4 Å². The second-order valence-corrected chi connectivity index (χ2v) is 5.49. The number of benzene rings is 2. The van der Waals surface area contributed by atoms with Crippen LogP contribution >= 0.6 is 28.1 Å². The van der Waals surface area contributed by atoms with Crippen LogP contribution in [0.5, 0.6) is 5.75 Å². The topological polar surface area (TPSA) is 29.9 Å². The van der Waals surface area contributed by atoms with Gasteiger partial charge in [-0.15, -0.1) is 0 Å². The number of fused-ring (bicyclic) bond motifs is 1. The zero-order valence-corrected chi connectivity index (χ0v) is 12.9. The molecule has 3 nitrogen and oxygen atoms in total. The molecule has 0 aliphatic carbocycles. The van der Waals surface area contributed by atoms with Crippen LogP contribution in [0.25, 0.3) is 16.7 Å². The lowest BCUT2D eigenvalue weighted by Gasteiger charge is -2.08. The number of aromatic amines is 1. The summed E-state index contributed by atoms with van der Waals surface area (Å²) in [6, 6.07) is 10.1. The summed E-state index contributed by atoms with van der Waals surface area (Å²) in [5, 5.41) is 0. The van der Waals surface area contributed by atoms with Crippen molar-refractivity contribution in [3.05, 3.63) is 51.5 Å². The van der Waals surface area contributed by atoms with Crippen molar-refractivity contribution in [2.75, 3.05) is 7.11 Å². The molecule has 0 aliphatic heterocycles. The van der Waals surface area contributed by atoms with Crippen LogP contribution in [-0.4, -0.2) is 16.7 Å². The molecule has 6 heteroatoms. The quantitative estimate of drug-likeness (QED) is 0.683. The number of nitrogens with zero attached hydrogens (tertiary/aromatic N) is 1. The van der Waals surface area contributed by atoms with Gasteiger partial charge in [0.2, 0.25) is 0 Å². The molecule has 3 rings (SSSR count). The number of rotatable bonds is 2. The molecule has 0 aliphatic rings. The molecule has 0 radical (unpaired) electrons. The molecule has 102 valence electrons. The number of ether oxygens (including phenoxy) is 1. The number of halogens is 2. The number of H-pyrrole nitrogens is 1. The lowest BCUT2D eigenvalue weighted by atomic mass is 10.2. The largest absolute Gasteiger partial charge is 0.497 e. The summed E-state index contributed by atoms with van der Waals surface area (Å²) in [6.45, 7) is 0. The van der Waals surface area contributed by atoms with Crippen LogP contribution < -0.4 is 4.74 Å². The maximum atomic E-state index is 13.2. The van der Waals surface area contributed by atoms with Gasteiger partial charge in [-0.1, -0.05) is 0 Å². The third-order valence-electron chi connectivity index (χ3n) is 3.04. The van der Waals surface area contributed by atoms with E-state index in [4.69, 9.17) is 17.0 Å². The van der Waals surface area contributed by atoms with E-state index in [2.05, 4.69) is 20.9 Å². The smallest absolute Gasteiger partial charge is 0.182 e. The van der Waals surface area contributed by atoms with Crippen molar-refractivity contribution < 1.29 is 9.13 Å². The minimum Gasteiger partial charge on any atom is -0.497 e. The van der Waals surface area contributed by atoms with Crippen LogP contribution in [0.1, 0.15) is 0 Å². The highest BCUT2D eigenvalue weighted by Crippen LogP contribution is 2.28. The minimum atomic E-state index is -0.301. The van der Waals surface area contributed by atoms with Crippen molar-refractivity contribution in [3.63, 3.8) is 0 Å². The van der Waals surface area contributed by atoms with Crippen LogP contribution in [-0.2, 0) is 0 Å². The Bertz CT molecular complexity index is 856. The van der Waals surface area contributed by atoms with Crippen molar-refractivity contribution in [1.82, 2.24) is 9.55 Å². The van der Waals surface area contributed by atoms with Crippen LogP contribution in [0.15, 0.2) is 40.9 Å². The Balaban J connectivity index is 2.34. The van der Waals surface area contributed by atoms with Crippen LogP contribution in [0.2, 0.25) is 0 Å². The molecule has 1 heterocycles. The molecule has 2 aromatic carbocycles. The second kappa shape index (κ2) is 5.03. The van der Waals surface area contributed by atoms with Crippen LogP contribution in [0, 0.1) is 10.6 Å². The highest BCUT2D eigenvalue weighted by atomic mass is 79.9. The van der Waals surface area contributed by atoms with Gasteiger partial charge in [0, 0.05) is 10.5 Å². The Morgan fingerprint density at radius 1 is 1.25 bits per heavy atom. The van der Waals surface area contributed by atoms with Crippen molar-refractivity contribution >= 4 is 39.2 Å². The summed E-state index contributed by atoms with van der Waals surface area (Å²) in [7, 11) is 1.61. The summed E-state index contributed by atoms with van der Waals surface area (Å²) in [4.78, 5) is 3.13. The zero-order valence-electron chi connectivity index (χ0n) is 10.5. The van der Waals surface area contributed by atoms with Gasteiger partial charge in [-0.05, 0) is 58.5 Å². The lowest BCUT2D eigenvalue weighted by Crippen LogP contribution is -1.96. The first-order valence-corrected chi connectivity index (χ1v) is 7.04. The first-order valence-electron chi connectivity index (χ1n) is 5.84. The number of methoxy groups -OCH3 is 1. The Hall–Kier alpha value is -1.66. The maximum Gasteiger partial charge on any atom is 0.182 e. The van der Waals surface area contributed by atoms with Gasteiger partial charge in [-0.3, -0.25) is 4.57 Å². The van der Waals surface area contributed by atoms with Crippen molar-refractivity contribution in [1.29, 1.82) is 0 Å². The van der Waals surface area contributed by atoms with Gasteiger partial charge in [-0.25, -0.2) is 4.39 Å². The van der Waals surface area contributed by atoms with Crippen LogP contribution in [0.4, 0.5) is 4.39 Å². The number of hydrogen-bond donors (Lipinski definition) is 1. The van der Waals surface area contributed by atoms with Crippen LogP contribution in [0.3, 0.4) is 0 Å². The van der Waals surface area contributed by atoms with Gasteiger partial charge in [-0.2, -0.15) is 0 Å². The van der Waals surface area contributed by atoms with E-state index in [-0.39, 0.29) is 5.82 Å². The lowest BCUT2D eigenvalue weighted by molar-refractivity contribution is 0.415. The van der Waals surface area contributed by atoms with Gasteiger partial charge in [0.25, 0.3) is 0 Å². The average Bonchev–Trinajstić information content (AvgIpc) is 2.74. The van der Waals surface area contributed by atoms with E-state index in [1.54, 1.807) is 13.2 Å². The first-order chi connectivity index (χ1) is 9.60. The van der Waals surface area contributed by atoms with Gasteiger partial charge in [0.15, 0.2) is 4.77 Å². The van der Waals surface area contributed by atoms with Crippen molar-refractivity contribution in [2.24, 2.45) is 0 Å². The molecule has 0 saturated heterocycles. The highest BCUT2D eigenvalue weighted by molar-refractivity contribution is 9.10. The molecule has 1 N–H and O–H groups in total. The Labute approximate surface area is 128 Å². The predicted molar refractivity (Wildman–Crippen MR) is 82.7 cm³/mol. The number of imidazole rings is 1. The van der Waals surface area contributed by atoms with Gasteiger partial charge in [0.05, 0.1) is 23.8 Å². The fourth-order valence-corrected chi connectivity index (χ4v) is 2.95. The highest BCUT2D eigenvalue weighted by Gasteiger charge is 2.11. The van der Waals surface area contributed by atoms with E-state index < -0.39 is 0 Å². The molecule has 0 amide bonds. The Kier molecular flexibility index (Phi) is 3.35. The second-order valence-electron chi connectivity index (χ2n) is 4.24. The van der Waals surface area contributed by atoms with Gasteiger partial charge in [0.1, 0.15) is 11.6 Å². The molecule has 0 spiro atoms. The molecule has 20 heavy (non-hydrogen) atoms. The molecular formula is C14H10BrFN2OS. The molecule has 3 aromatic rings. The summed E-state index contributed by atoms with van der Waals surface area (Å²) < 4.78 is 21.5. The monoisotopic (exact) mass is 352 g/mol. The molecule has 0 saturated carbocycles. The van der Waals surface area contributed by atoms with E-state index in [0.29, 0.717) is 9.24 Å². The fourth-order valence-electron chi connectivity index (χ4n) is 2.11. The van der Waals surface area contributed by atoms with Crippen molar-refractivity contribution in [2.45, 2.75) is 0 Å². The fraction of sp³-hybridized carbons (Fsp3) is 0.0714. The van der Waals surface area contributed by atoms with Gasteiger partial charge < -0.3 is 9.72 Å². The van der Waals surface area contributed by atoms with E-state index >= 15 is 0 Å². The van der Waals surface area contributed by atoms with E-state index in [0.717, 1.165) is 22.5 Å². The molecule has 0 bridgehead atoms. The van der Waals surface area contributed by atoms with E-state index in [9.17, 15) is 4.39 Å². The normalized spacial score (nSPS) is 10.9.